The van der Waals surface area contributed by atoms with E-state index in [1.807, 2.05) is 52.9 Å². The number of hydrogen-bond donors (Lipinski definition) is 6. The molecule has 8 N–H and O–H groups in total. The zero-order valence-electron chi connectivity index (χ0n) is 55.1. The molecule has 0 radical (unpaired) electrons. The molecular weight excluding hydrogens is 1730 g/mol. The summed E-state index contributed by atoms with van der Waals surface area (Å²) >= 11 is 58.9. The number of esters is 2. The van der Waals surface area contributed by atoms with Crippen molar-refractivity contribution in [3.63, 3.8) is 0 Å². The molecule has 106 heavy (non-hydrogen) atoms. The number of primary amides is 1. The number of nitrogen functional groups attached to an aromatic ring is 1. The fourth-order valence-corrected chi connectivity index (χ4v) is 12.6. The van der Waals surface area contributed by atoms with Crippen molar-refractivity contribution >= 4 is 255 Å². The lowest BCUT2D eigenvalue weighted by Crippen LogP contribution is -2.21. The minimum atomic E-state index is -1.00. The number of hydrogen-bond acceptors (Lipinski definition) is 13. The summed E-state index contributed by atoms with van der Waals surface area (Å²) in [5.41, 5.74) is 16.1. The van der Waals surface area contributed by atoms with Crippen LogP contribution in [0.5, 0.6) is 0 Å². The Morgan fingerprint density at radius 3 is 1.43 bits per heavy atom. The van der Waals surface area contributed by atoms with Gasteiger partial charge in [0.1, 0.15) is 24.5 Å². The van der Waals surface area contributed by atoms with E-state index in [0.29, 0.717) is 136 Å². The molecule has 10 aromatic carbocycles. The zero-order chi connectivity index (χ0) is 77.6. The molecule has 0 aliphatic rings. The molecular formula is C76H56BrCl9IN7O12. The van der Waals surface area contributed by atoms with Gasteiger partial charge in [0.05, 0.1) is 120 Å². The molecule has 3 heterocycles. The Hall–Kier alpha value is -9.13. The van der Waals surface area contributed by atoms with Gasteiger partial charge in [0, 0.05) is 41.4 Å². The summed E-state index contributed by atoms with van der Waals surface area (Å²) in [6.07, 6.45) is 0. The molecule has 0 saturated heterocycles. The second kappa shape index (κ2) is 40.0. The minimum Gasteiger partial charge on any atom is -0.478 e. The number of aromatic carboxylic acids is 2. The van der Waals surface area contributed by atoms with E-state index in [9.17, 15) is 38.4 Å². The number of H-pyrrole nitrogens is 1. The Labute approximate surface area is 670 Å². The number of pyridine rings is 3. The number of nitrogens with two attached hydrogens (primary N) is 2. The Balaban J connectivity index is 0.000000178. The molecule has 3 aromatic heterocycles. The number of nitrogens with zero attached hydrogens (tertiary/aromatic N) is 3. The summed E-state index contributed by atoms with van der Waals surface area (Å²) in [5, 5.41) is 35.9. The topological polar surface area (TPSA) is 309 Å². The molecule has 0 unspecified atom stereocenters. The number of nitriles is 1. The zero-order valence-corrected chi connectivity index (χ0v) is 65.7. The Bertz CT molecular complexity index is 5720. The SMILES string of the molecule is CCOC(=O)CBr.CCOC(=O)Cn1c2ccccc2c(=O)c2ccc(Cl)c(Cl)c21.N#Cc1ccc2c(=O)c3ccccc3[nH]c2c1Cl.NC(=O)Cn1c2ccccc2c(=O)c2ccc(Cl)c(Cl)c21.Nc1cccc(Cl)c1Cl.O=C(O)c1ccccc1I.O=C(O)c1ccccc1Nc1cccc(Cl)c1Cl. The van der Waals surface area contributed by atoms with Crippen molar-refractivity contribution in [2.45, 2.75) is 26.9 Å². The summed E-state index contributed by atoms with van der Waals surface area (Å²) in [6, 6.07) is 56.6. The van der Waals surface area contributed by atoms with Crippen LogP contribution in [0.3, 0.4) is 0 Å². The number of aromatic nitrogens is 3. The largest absolute Gasteiger partial charge is 0.478 e. The van der Waals surface area contributed by atoms with Crippen molar-refractivity contribution in [1.29, 1.82) is 5.26 Å². The number of fused-ring (bicyclic) bond motifs is 6. The molecule has 544 valence electrons. The molecule has 0 aliphatic heterocycles. The first-order valence-electron chi connectivity index (χ1n) is 30.9. The quantitative estimate of drug-likeness (QED) is 0.0231. The van der Waals surface area contributed by atoms with Crippen LogP contribution in [-0.4, -0.2) is 72.7 Å². The smallest absolute Gasteiger partial charge is 0.337 e. The molecule has 13 aromatic rings. The minimum absolute atomic E-state index is 0.0504. The second-order valence-corrected chi connectivity index (χ2v) is 26.8. The van der Waals surface area contributed by atoms with Gasteiger partial charge in [0.25, 0.3) is 0 Å². The summed E-state index contributed by atoms with van der Waals surface area (Å²) < 4.78 is 13.6. The van der Waals surface area contributed by atoms with Gasteiger partial charge in [0.15, 0.2) is 16.3 Å². The van der Waals surface area contributed by atoms with Crippen LogP contribution in [0.25, 0.3) is 65.4 Å². The summed E-state index contributed by atoms with van der Waals surface area (Å²) in [5.74, 6) is -3.01. The highest BCUT2D eigenvalue weighted by Crippen LogP contribution is 2.36. The summed E-state index contributed by atoms with van der Waals surface area (Å²) in [4.78, 5) is 95.6. The van der Waals surface area contributed by atoms with E-state index in [-0.39, 0.29) is 62.6 Å². The van der Waals surface area contributed by atoms with E-state index in [0.717, 1.165) is 3.57 Å². The average molecular weight is 1790 g/mol. The Morgan fingerprint density at radius 2 is 0.943 bits per heavy atom. The molecule has 0 saturated carbocycles. The number of alkyl halides is 1. The highest BCUT2D eigenvalue weighted by atomic mass is 127. The molecule has 0 bridgehead atoms. The monoisotopic (exact) mass is 1780 g/mol. The number of nitrogens with one attached hydrogen (secondary N) is 2. The van der Waals surface area contributed by atoms with Crippen LogP contribution in [0.15, 0.2) is 209 Å². The molecule has 0 fully saturated rings. The first kappa shape index (κ1) is 84.1. The number of benzene rings is 10. The molecule has 0 aliphatic carbocycles. The van der Waals surface area contributed by atoms with Crippen molar-refractivity contribution in [3.05, 3.63) is 290 Å². The number of amides is 1. The second-order valence-electron chi connectivity index (χ2n) is 21.6. The number of carbonyl (C=O) groups excluding carboxylic acids is 3. The first-order valence-corrected chi connectivity index (χ1v) is 36.5. The maximum Gasteiger partial charge on any atom is 0.337 e. The van der Waals surface area contributed by atoms with Crippen LogP contribution in [-0.2, 0) is 36.9 Å². The number of carbonyl (C=O) groups is 5. The molecule has 19 nitrogen and oxygen atoms in total. The van der Waals surface area contributed by atoms with Crippen LogP contribution in [0, 0.1) is 14.9 Å². The number of carboxylic acid groups (broad SMARTS) is 2. The van der Waals surface area contributed by atoms with Gasteiger partial charge in [-0.2, -0.15) is 5.26 Å². The van der Waals surface area contributed by atoms with Gasteiger partial charge >= 0.3 is 23.9 Å². The number of carboxylic acids is 2. The van der Waals surface area contributed by atoms with Crippen molar-refractivity contribution < 1.29 is 43.7 Å². The Kier molecular flexibility index (Phi) is 31.8. The van der Waals surface area contributed by atoms with E-state index < -0.39 is 23.8 Å². The fourth-order valence-electron chi connectivity index (χ4n) is 10.0. The van der Waals surface area contributed by atoms with Gasteiger partial charge in [-0.1, -0.05) is 193 Å². The Morgan fingerprint density at radius 1 is 0.500 bits per heavy atom. The maximum absolute atomic E-state index is 12.7. The number of anilines is 3. The van der Waals surface area contributed by atoms with Crippen LogP contribution >= 0.6 is 143 Å². The van der Waals surface area contributed by atoms with E-state index in [1.165, 1.54) is 6.07 Å². The van der Waals surface area contributed by atoms with Crippen LogP contribution in [0.4, 0.5) is 17.1 Å². The molecule has 13 rings (SSSR count). The maximum atomic E-state index is 12.7. The lowest BCUT2D eigenvalue weighted by molar-refractivity contribution is -0.143. The summed E-state index contributed by atoms with van der Waals surface area (Å²) in [6.45, 7) is 4.13. The third-order valence-corrected chi connectivity index (χ3v) is 19.8. The lowest BCUT2D eigenvalue weighted by Gasteiger charge is -2.16. The first-order chi connectivity index (χ1) is 50.6. The van der Waals surface area contributed by atoms with E-state index >= 15 is 0 Å². The normalized spacial score (nSPS) is 10.4. The van der Waals surface area contributed by atoms with Gasteiger partial charge in [0.2, 0.25) is 5.91 Å². The van der Waals surface area contributed by atoms with Crippen molar-refractivity contribution in [2.75, 3.05) is 29.6 Å². The molecule has 0 atom stereocenters. The van der Waals surface area contributed by atoms with Gasteiger partial charge in [-0.3, -0.25) is 28.8 Å². The van der Waals surface area contributed by atoms with Crippen LogP contribution in [0.1, 0.15) is 40.1 Å². The molecule has 1 amide bonds. The van der Waals surface area contributed by atoms with E-state index in [1.54, 1.807) is 187 Å². The predicted molar refractivity (Wildman–Crippen MR) is 440 cm³/mol. The highest BCUT2D eigenvalue weighted by Gasteiger charge is 2.20. The number of rotatable bonds is 11. The van der Waals surface area contributed by atoms with Crippen LogP contribution < -0.4 is 33.1 Å². The van der Waals surface area contributed by atoms with Gasteiger partial charge in [-0.25, -0.2) is 9.59 Å². The van der Waals surface area contributed by atoms with Crippen LogP contribution in [0.2, 0.25) is 45.2 Å². The van der Waals surface area contributed by atoms with Gasteiger partial charge < -0.3 is 50.6 Å². The number of para-hydroxylation sites is 4. The van der Waals surface area contributed by atoms with Crippen molar-refractivity contribution in [3.8, 4) is 6.07 Å². The fraction of sp³-hybridized carbons (Fsp3) is 0.0921. The predicted octanol–water partition coefficient (Wildman–Crippen LogP) is 20.1. The summed E-state index contributed by atoms with van der Waals surface area (Å²) in [7, 11) is 0. The number of aromatic amines is 1. The third kappa shape index (κ3) is 21.1. The molecule has 30 heteroatoms. The van der Waals surface area contributed by atoms with E-state index in [2.05, 4.69) is 31.0 Å². The lowest BCUT2D eigenvalue weighted by atomic mass is 10.1. The van der Waals surface area contributed by atoms with Crippen molar-refractivity contribution in [1.82, 2.24) is 14.1 Å². The van der Waals surface area contributed by atoms with Gasteiger partial charge in [-0.15, -0.1) is 0 Å². The van der Waals surface area contributed by atoms with Gasteiger partial charge in [-0.05, 0) is 158 Å². The van der Waals surface area contributed by atoms with E-state index in [4.69, 9.17) is 136 Å². The third-order valence-electron chi connectivity index (χ3n) is 14.8. The number of halogens is 11. The standard InChI is InChI=1S/C17H13Cl2NO3.C15H10Cl2N2O2.C14H7ClN2O.C13H9Cl2NO2.C7H5IO2.C6H5Cl2N.C4H7BrO2/c1-2-23-14(21)9-20-13-6-4-3-5-10(13)17(22)11-7-8-12(18)15(19)16(11)20;16-10-6-5-9-14(13(10)17)19(7-12(18)20)11-4-2-1-3-8(11)15(9)21;15-12-8(7-16)5-6-10-13(12)17-11-4-2-1-3-9(11)14(10)18;14-9-5-3-7-11(12(9)15)16-10-6-2-1-4-8(10)13(17)18;8-6-4-2-1-3-5(6)7(9)10;7-4-2-1-3-5(9)6(4)8;1-2-7-4(6)3-5/h3-8H,2,9H2,1H3;1-6H,7H2,(H2,18,20);1-6H,(H,17,18);1-7,16H,(H,17,18);1-4H,(H,9,10);1-3H,9H2;2-3H2,1H3. The highest BCUT2D eigenvalue weighted by molar-refractivity contribution is 14.1. The van der Waals surface area contributed by atoms with Crippen molar-refractivity contribution in [2.24, 2.45) is 5.73 Å². The number of ether oxygens (including phenoxy) is 2. The molecule has 0 spiro atoms. The average Bonchev–Trinajstić information content (AvgIpc) is 0.748.